The minimum atomic E-state index is 0.295. The predicted molar refractivity (Wildman–Crippen MR) is 75.9 cm³/mol. The largest absolute Gasteiger partial charge is 0.310 e. The number of aromatic nitrogens is 4. The third-order valence-electron chi connectivity index (χ3n) is 3.28. The summed E-state index contributed by atoms with van der Waals surface area (Å²) in [7, 11) is 3.96. The van der Waals surface area contributed by atoms with E-state index in [2.05, 4.69) is 34.7 Å². The summed E-state index contributed by atoms with van der Waals surface area (Å²) in [5, 5.41) is 12.3. The van der Waals surface area contributed by atoms with Gasteiger partial charge in [-0.15, -0.1) is 0 Å². The Morgan fingerprint density at radius 3 is 2.68 bits per heavy atom. The van der Waals surface area contributed by atoms with E-state index in [-0.39, 0.29) is 0 Å². The molecule has 2 aromatic heterocycles. The Bertz CT molecular complexity index is 526. The van der Waals surface area contributed by atoms with E-state index >= 15 is 0 Å². The summed E-state index contributed by atoms with van der Waals surface area (Å²) in [6.07, 6.45) is 6.08. The van der Waals surface area contributed by atoms with Gasteiger partial charge in [-0.2, -0.15) is 10.2 Å². The molecule has 5 heteroatoms. The minimum Gasteiger partial charge on any atom is -0.310 e. The van der Waals surface area contributed by atoms with Gasteiger partial charge in [0.2, 0.25) is 0 Å². The van der Waals surface area contributed by atoms with Gasteiger partial charge in [-0.3, -0.25) is 9.36 Å². The topological polar surface area (TPSA) is 47.7 Å². The molecule has 1 atom stereocenters. The van der Waals surface area contributed by atoms with Crippen molar-refractivity contribution in [2.75, 3.05) is 6.54 Å². The van der Waals surface area contributed by atoms with Crippen molar-refractivity contribution < 1.29 is 0 Å². The zero-order chi connectivity index (χ0) is 13.8. The van der Waals surface area contributed by atoms with Crippen LogP contribution in [0.4, 0.5) is 0 Å². The Labute approximate surface area is 114 Å². The van der Waals surface area contributed by atoms with Crippen LogP contribution >= 0.6 is 0 Å². The van der Waals surface area contributed by atoms with E-state index in [0.717, 1.165) is 25.1 Å². The molecule has 0 aliphatic heterocycles. The molecular weight excluding hydrogens is 238 g/mol. The van der Waals surface area contributed by atoms with E-state index in [9.17, 15) is 0 Å². The van der Waals surface area contributed by atoms with Gasteiger partial charge in [0.05, 0.1) is 11.9 Å². The molecule has 104 valence electrons. The lowest BCUT2D eigenvalue weighted by molar-refractivity contribution is 0.512. The maximum atomic E-state index is 4.41. The zero-order valence-corrected chi connectivity index (χ0v) is 12.2. The summed E-state index contributed by atoms with van der Waals surface area (Å²) in [5.74, 6) is 0. The molecule has 5 nitrogen and oxygen atoms in total. The van der Waals surface area contributed by atoms with Crippen LogP contribution in [0.25, 0.3) is 0 Å². The van der Waals surface area contributed by atoms with Gasteiger partial charge in [0.1, 0.15) is 0 Å². The van der Waals surface area contributed by atoms with Crippen molar-refractivity contribution in [2.24, 2.45) is 14.1 Å². The molecule has 0 bridgehead atoms. The van der Waals surface area contributed by atoms with Crippen molar-refractivity contribution in [1.82, 2.24) is 24.9 Å². The molecular formula is C14H23N5. The molecule has 0 radical (unpaired) electrons. The monoisotopic (exact) mass is 261 g/mol. The predicted octanol–water partition coefficient (Wildman–Crippen LogP) is 1.75. The summed E-state index contributed by atoms with van der Waals surface area (Å²) in [6, 6.07) is 2.44. The van der Waals surface area contributed by atoms with Crippen molar-refractivity contribution in [1.29, 1.82) is 0 Å². The molecule has 2 heterocycles. The second kappa shape index (κ2) is 6.02. The molecule has 0 saturated carbocycles. The number of nitrogens with zero attached hydrogens (tertiary/aromatic N) is 4. The lowest BCUT2D eigenvalue weighted by atomic mass is 10.1. The number of hydrogen-bond acceptors (Lipinski definition) is 3. The molecule has 0 saturated heterocycles. The zero-order valence-electron chi connectivity index (χ0n) is 12.2. The van der Waals surface area contributed by atoms with Crippen LogP contribution in [0.3, 0.4) is 0 Å². The van der Waals surface area contributed by atoms with Gasteiger partial charge >= 0.3 is 0 Å². The van der Waals surface area contributed by atoms with Gasteiger partial charge in [0.15, 0.2) is 0 Å². The quantitative estimate of drug-likeness (QED) is 0.861. The lowest BCUT2D eigenvalue weighted by Gasteiger charge is -2.17. The Morgan fingerprint density at radius 1 is 1.37 bits per heavy atom. The SMILES string of the molecule is CCCNC(Cc1cc(C)nn1C)c1cnn(C)c1. The van der Waals surface area contributed by atoms with Crippen molar-refractivity contribution in [3.05, 3.63) is 35.4 Å². The maximum Gasteiger partial charge on any atom is 0.0596 e. The van der Waals surface area contributed by atoms with Crippen LogP contribution in [0, 0.1) is 6.92 Å². The first-order valence-electron chi connectivity index (χ1n) is 6.81. The van der Waals surface area contributed by atoms with Crippen LogP contribution in [-0.2, 0) is 20.5 Å². The standard InChI is InChI=1S/C14H23N5/c1-5-6-15-14(12-9-16-18(3)10-12)8-13-7-11(2)17-19(13)4/h7,9-10,14-15H,5-6,8H2,1-4H3. The molecule has 1 unspecified atom stereocenters. The highest BCUT2D eigenvalue weighted by molar-refractivity contribution is 5.17. The van der Waals surface area contributed by atoms with Gasteiger partial charge in [-0.05, 0) is 26.0 Å². The Hall–Kier alpha value is -1.62. The fourth-order valence-corrected chi connectivity index (χ4v) is 2.31. The first-order valence-corrected chi connectivity index (χ1v) is 6.81. The van der Waals surface area contributed by atoms with E-state index in [4.69, 9.17) is 0 Å². The van der Waals surface area contributed by atoms with Gasteiger partial charge in [-0.25, -0.2) is 0 Å². The van der Waals surface area contributed by atoms with Crippen LogP contribution in [0.1, 0.15) is 36.3 Å². The van der Waals surface area contributed by atoms with Crippen LogP contribution in [-0.4, -0.2) is 26.1 Å². The molecule has 0 fully saturated rings. The summed E-state index contributed by atoms with van der Waals surface area (Å²) in [6.45, 7) is 5.22. The molecule has 2 aromatic rings. The van der Waals surface area contributed by atoms with Crippen LogP contribution in [0.2, 0.25) is 0 Å². The van der Waals surface area contributed by atoms with Crippen molar-refractivity contribution in [2.45, 2.75) is 32.7 Å². The first-order chi connectivity index (χ1) is 9.10. The van der Waals surface area contributed by atoms with Crippen LogP contribution in [0.15, 0.2) is 18.5 Å². The number of rotatable bonds is 6. The van der Waals surface area contributed by atoms with Crippen molar-refractivity contribution >= 4 is 0 Å². The van der Waals surface area contributed by atoms with Gasteiger partial charge in [0, 0.05) is 44.0 Å². The molecule has 0 amide bonds. The maximum absolute atomic E-state index is 4.41. The molecule has 1 N–H and O–H groups in total. The van der Waals surface area contributed by atoms with Crippen molar-refractivity contribution in [3.63, 3.8) is 0 Å². The molecule has 0 aromatic carbocycles. The normalized spacial score (nSPS) is 12.8. The molecule has 0 aliphatic carbocycles. The summed E-state index contributed by atoms with van der Waals surface area (Å²) < 4.78 is 3.82. The molecule has 2 rings (SSSR count). The van der Waals surface area contributed by atoms with E-state index in [0.29, 0.717) is 6.04 Å². The Kier molecular flexibility index (Phi) is 4.37. The highest BCUT2D eigenvalue weighted by Crippen LogP contribution is 2.18. The van der Waals surface area contributed by atoms with E-state index in [1.807, 2.05) is 36.6 Å². The number of hydrogen-bond donors (Lipinski definition) is 1. The molecule has 0 aliphatic rings. The average molecular weight is 261 g/mol. The Balaban J connectivity index is 2.16. The van der Waals surface area contributed by atoms with Gasteiger partial charge in [0.25, 0.3) is 0 Å². The third-order valence-corrected chi connectivity index (χ3v) is 3.28. The molecule has 0 spiro atoms. The summed E-state index contributed by atoms with van der Waals surface area (Å²) >= 11 is 0. The fourth-order valence-electron chi connectivity index (χ4n) is 2.31. The number of aryl methyl sites for hydroxylation is 3. The van der Waals surface area contributed by atoms with Crippen LogP contribution < -0.4 is 5.32 Å². The molecule has 19 heavy (non-hydrogen) atoms. The van der Waals surface area contributed by atoms with E-state index in [1.54, 1.807) is 0 Å². The second-order valence-corrected chi connectivity index (χ2v) is 5.06. The highest BCUT2D eigenvalue weighted by atomic mass is 15.3. The van der Waals surface area contributed by atoms with E-state index in [1.165, 1.54) is 11.3 Å². The third kappa shape index (κ3) is 3.44. The van der Waals surface area contributed by atoms with E-state index < -0.39 is 0 Å². The summed E-state index contributed by atoms with van der Waals surface area (Å²) in [5.41, 5.74) is 3.54. The second-order valence-electron chi connectivity index (χ2n) is 5.06. The highest BCUT2D eigenvalue weighted by Gasteiger charge is 2.15. The lowest BCUT2D eigenvalue weighted by Crippen LogP contribution is -2.24. The fraction of sp³-hybridized carbons (Fsp3) is 0.571. The van der Waals surface area contributed by atoms with Gasteiger partial charge < -0.3 is 5.32 Å². The smallest absolute Gasteiger partial charge is 0.0596 e. The number of nitrogens with one attached hydrogen (secondary N) is 1. The van der Waals surface area contributed by atoms with Gasteiger partial charge in [-0.1, -0.05) is 6.92 Å². The average Bonchev–Trinajstić information content (AvgIpc) is 2.91. The van der Waals surface area contributed by atoms with Crippen molar-refractivity contribution in [3.8, 4) is 0 Å². The summed E-state index contributed by atoms with van der Waals surface area (Å²) in [4.78, 5) is 0. The van der Waals surface area contributed by atoms with Crippen LogP contribution in [0.5, 0.6) is 0 Å². The first kappa shape index (κ1) is 13.8. The minimum absolute atomic E-state index is 0.295. The Morgan fingerprint density at radius 2 is 2.16 bits per heavy atom.